The first-order chi connectivity index (χ1) is 13.1. The zero-order valence-electron chi connectivity index (χ0n) is 19.6. The first-order valence-electron chi connectivity index (χ1n) is 11.1. The van der Waals surface area contributed by atoms with Gasteiger partial charge in [0.1, 0.15) is 0 Å². The molecule has 0 aromatic heterocycles. The van der Waals surface area contributed by atoms with E-state index in [4.69, 9.17) is 0 Å². The second kappa shape index (κ2) is 18.0. The Labute approximate surface area is 170 Å². The Morgan fingerprint density at radius 1 is 1.04 bits per heavy atom. The highest BCUT2D eigenvalue weighted by Crippen LogP contribution is 2.19. The Bertz CT molecular complexity index is 439. The lowest BCUT2D eigenvalue weighted by Crippen LogP contribution is -2.42. The summed E-state index contributed by atoms with van der Waals surface area (Å²) in [7, 11) is 2.23. The molecule has 1 aromatic rings. The molecule has 1 fully saturated rings. The van der Waals surface area contributed by atoms with Crippen LogP contribution >= 0.6 is 0 Å². The molecule has 1 unspecified atom stereocenters. The molecule has 27 heavy (non-hydrogen) atoms. The predicted molar refractivity (Wildman–Crippen MR) is 121 cm³/mol. The number of piperidine rings is 1. The van der Waals surface area contributed by atoms with Gasteiger partial charge in [0.25, 0.3) is 0 Å². The molecule has 158 valence electrons. The number of carbonyl (C=O) groups is 1. The van der Waals surface area contributed by atoms with Gasteiger partial charge in [0.05, 0.1) is 0 Å². The van der Waals surface area contributed by atoms with E-state index in [2.05, 4.69) is 49.2 Å². The Morgan fingerprint density at radius 2 is 1.52 bits per heavy atom. The fourth-order valence-corrected chi connectivity index (χ4v) is 3.13. The lowest BCUT2D eigenvalue weighted by atomic mass is 9.95. The van der Waals surface area contributed by atoms with Crippen molar-refractivity contribution in [1.82, 2.24) is 9.80 Å². The monoisotopic (exact) mass is 378 g/mol. The van der Waals surface area contributed by atoms with Crippen LogP contribution in [-0.4, -0.2) is 48.4 Å². The normalized spacial score (nSPS) is 14.7. The molecular weight excluding hydrogens is 332 g/mol. The zero-order valence-corrected chi connectivity index (χ0v) is 19.6. The average Bonchev–Trinajstić information content (AvgIpc) is 2.73. The van der Waals surface area contributed by atoms with E-state index in [9.17, 15) is 4.79 Å². The van der Waals surface area contributed by atoms with Crippen LogP contribution in [0.3, 0.4) is 0 Å². The molecular formula is C24H46N2O. The lowest BCUT2D eigenvalue weighted by Gasteiger charge is -2.35. The molecule has 1 saturated heterocycles. The summed E-state index contributed by atoms with van der Waals surface area (Å²) in [6, 6.07) is 11.3. The highest BCUT2D eigenvalue weighted by molar-refractivity contribution is 5.73. The number of hydrogen-bond donors (Lipinski definition) is 0. The number of amides is 1. The first kappa shape index (κ1) is 27.9. The van der Waals surface area contributed by atoms with Crippen LogP contribution in [0.15, 0.2) is 30.3 Å². The maximum atomic E-state index is 11.4. The van der Waals surface area contributed by atoms with Crippen molar-refractivity contribution in [3.63, 3.8) is 0 Å². The number of rotatable bonds is 5. The fraction of sp³-hybridized carbons (Fsp3) is 0.708. The maximum Gasteiger partial charge on any atom is 0.219 e. The molecule has 1 aromatic carbocycles. The Hall–Kier alpha value is -1.35. The largest absolute Gasteiger partial charge is 0.343 e. The maximum absolute atomic E-state index is 11.4. The third-order valence-electron chi connectivity index (χ3n) is 4.73. The van der Waals surface area contributed by atoms with E-state index in [1.165, 1.54) is 5.56 Å². The second-order valence-corrected chi connectivity index (χ2v) is 6.43. The van der Waals surface area contributed by atoms with Gasteiger partial charge < -0.3 is 9.80 Å². The molecule has 0 N–H and O–H groups in total. The van der Waals surface area contributed by atoms with Crippen molar-refractivity contribution in [1.29, 1.82) is 0 Å². The number of nitrogens with zero attached hydrogens (tertiary/aromatic N) is 2. The van der Waals surface area contributed by atoms with E-state index in [-0.39, 0.29) is 5.91 Å². The van der Waals surface area contributed by atoms with E-state index in [0.717, 1.165) is 44.8 Å². The van der Waals surface area contributed by atoms with Gasteiger partial charge >= 0.3 is 0 Å². The molecule has 0 saturated carbocycles. The predicted octanol–water partition coefficient (Wildman–Crippen LogP) is 5.89. The van der Waals surface area contributed by atoms with Crippen LogP contribution in [0, 0.1) is 5.92 Å². The van der Waals surface area contributed by atoms with Crippen molar-refractivity contribution in [2.45, 2.75) is 80.7 Å². The van der Waals surface area contributed by atoms with E-state index in [0.29, 0.717) is 6.04 Å². The Morgan fingerprint density at radius 3 is 1.96 bits per heavy atom. The molecule has 1 heterocycles. The zero-order chi connectivity index (χ0) is 21.2. The van der Waals surface area contributed by atoms with Crippen LogP contribution in [0.5, 0.6) is 0 Å². The van der Waals surface area contributed by atoms with Gasteiger partial charge in [-0.25, -0.2) is 0 Å². The summed E-state index contributed by atoms with van der Waals surface area (Å²) < 4.78 is 0. The van der Waals surface area contributed by atoms with Crippen LogP contribution in [0.4, 0.5) is 0 Å². The minimum atomic E-state index is 0.222. The summed E-state index contributed by atoms with van der Waals surface area (Å²) in [4.78, 5) is 15.8. The van der Waals surface area contributed by atoms with Gasteiger partial charge in [-0.1, -0.05) is 71.9 Å². The van der Waals surface area contributed by atoms with Crippen molar-refractivity contribution in [2.75, 3.05) is 26.7 Å². The van der Waals surface area contributed by atoms with Gasteiger partial charge in [-0.15, -0.1) is 0 Å². The standard InChI is InChI=1S/C18H28N2O.3C2H6/c1-15(13-17-7-5-4-6-8-17)19(3)14-18-9-11-20(12-10-18)16(2)21;3*1-2/h4-8,15,18H,9-14H2,1-3H3;3*1-2H3. The molecule has 1 aliphatic rings. The molecule has 2 rings (SSSR count). The number of likely N-dealkylation sites (tertiary alicyclic amines) is 1. The highest BCUT2D eigenvalue weighted by atomic mass is 16.2. The van der Waals surface area contributed by atoms with Crippen molar-refractivity contribution < 1.29 is 4.79 Å². The summed E-state index contributed by atoms with van der Waals surface area (Å²) in [5, 5.41) is 0. The molecule has 0 aliphatic carbocycles. The van der Waals surface area contributed by atoms with Gasteiger partial charge in [0.15, 0.2) is 0 Å². The van der Waals surface area contributed by atoms with Crippen LogP contribution < -0.4 is 0 Å². The summed E-state index contributed by atoms with van der Waals surface area (Å²) in [6.07, 6.45) is 3.38. The van der Waals surface area contributed by atoms with Gasteiger partial charge in [0.2, 0.25) is 5.91 Å². The number of benzene rings is 1. The van der Waals surface area contributed by atoms with E-state index < -0.39 is 0 Å². The third kappa shape index (κ3) is 11.9. The lowest BCUT2D eigenvalue weighted by molar-refractivity contribution is -0.130. The molecule has 3 heteroatoms. The van der Waals surface area contributed by atoms with Gasteiger partial charge in [-0.05, 0) is 44.7 Å². The molecule has 1 atom stereocenters. The first-order valence-corrected chi connectivity index (χ1v) is 11.1. The van der Waals surface area contributed by atoms with Gasteiger partial charge in [-0.2, -0.15) is 0 Å². The molecule has 1 amide bonds. The topological polar surface area (TPSA) is 23.6 Å². The number of likely N-dealkylation sites (N-methyl/N-ethyl adjacent to an activating group) is 1. The van der Waals surface area contributed by atoms with E-state index in [1.807, 2.05) is 46.4 Å². The quantitative estimate of drug-likeness (QED) is 0.638. The van der Waals surface area contributed by atoms with Gasteiger partial charge in [0, 0.05) is 32.6 Å². The summed E-state index contributed by atoms with van der Waals surface area (Å²) in [5.74, 6) is 0.947. The van der Waals surface area contributed by atoms with Crippen LogP contribution in [0.1, 0.15) is 73.8 Å². The SMILES string of the molecule is CC.CC.CC.CC(=O)N1CCC(CN(C)C(C)Cc2ccccc2)CC1. The van der Waals surface area contributed by atoms with Crippen LogP contribution in [-0.2, 0) is 11.2 Å². The Balaban J connectivity index is 0. The number of hydrogen-bond acceptors (Lipinski definition) is 2. The fourth-order valence-electron chi connectivity index (χ4n) is 3.13. The smallest absolute Gasteiger partial charge is 0.219 e. The van der Waals surface area contributed by atoms with Crippen molar-refractivity contribution in [3.8, 4) is 0 Å². The summed E-state index contributed by atoms with van der Waals surface area (Å²) in [5.41, 5.74) is 1.41. The van der Waals surface area contributed by atoms with Crippen molar-refractivity contribution >= 4 is 5.91 Å². The summed E-state index contributed by atoms with van der Waals surface area (Å²) >= 11 is 0. The summed E-state index contributed by atoms with van der Waals surface area (Å²) in [6.45, 7) is 19.0. The van der Waals surface area contributed by atoms with Crippen LogP contribution in [0.2, 0.25) is 0 Å². The second-order valence-electron chi connectivity index (χ2n) is 6.43. The van der Waals surface area contributed by atoms with Gasteiger partial charge in [-0.3, -0.25) is 4.79 Å². The van der Waals surface area contributed by atoms with Crippen LogP contribution in [0.25, 0.3) is 0 Å². The van der Waals surface area contributed by atoms with E-state index >= 15 is 0 Å². The third-order valence-corrected chi connectivity index (χ3v) is 4.73. The van der Waals surface area contributed by atoms with Crippen molar-refractivity contribution in [3.05, 3.63) is 35.9 Å². The Kier molecular flexibility index (Phi) is 18.6. The minimum absolute atomic E-state index is 0.222. The molecule has 1 aliphatic heterocycles. The molecule has 0 bridgehead atoms. The minimum Gasteiger partial charge on any atom is -0.343 e. The van der Waals surface area contributed by atoms with Crippen molar-refractivity contribution in [2.24, 2.45) is 5.92 Å². The number of carbonyl (C=O) groups excluding carboxylic acids is 1. The van der Waals surface area contributed by atoms with E-state index in [1.54, 1.807) is 6.92 Å². The molecule has 3 nitrogen and oxygen atoms in total. The highest BCUT2D eigenvalue weighted by Gasteiger charge is 2.23. The average molecular weight is 379 g/mol. The molecule has 0 spiro atoms. The molecule has 0 radical (unpaired) electrons.